The number of halogens is 1. The summed E-state index contributed by atoms with van der Waals surface area (Å²) in [5.41, 5.74) is 2.37. The Bertz CT molecular complexity index is 1080. The summed E-state index contributed by atoms with van der Waals surface area (Å²) < 4.78 is 19.8. The zero-order chi connectivity index (χ0) is 23.2. The monoisotopic (exact) mass is 448 g/mol. The number of carbonyl (C=O) groups is 1. The summed E-state index contributed by atoms with van der Waals surface area (Å²) in [5.74, 6) is -0.312. The highest BCUT2D eigenvalue weighted by Crippen LogP contribution is 2.31. The Morgan fingerprint density at radius 1 is 1.00 bits per heavy atom. The molecule has 3 aromatic rings. The summed E-state index contributed by atoms with van der Waals surface area (Å²) in [6.45, 7) is 7.65. The Morgan fingerprint density at radius 3 is 2.39 bits per heavy atom. The summed E-state index contributed by atoms with van der Waals surface area (Å²) in [6, 6.07) is 18.4. The van der Waals surface area contributed by atoms with E-state index in [-0.39, 0.29) is 6.10 Å². The number of pyridine rings is 1. The lowest BCUT2D eigenvalue weighted by Crippen LogP contribution is -2.46. The minimum atomic E-state index is -0.473. The first kappa shape index (κ1) is 22.7. The molecule has 1 aromatic heterocycles. The first-order valence-electron chi connectivity index (χ1n) is 11.2. The van der Waals surface area contributed by atoms with E-state index in [0.717, 1.165) is 32.7 Å². The Labute approximate surface area is 194 Å². The molecule has 6 nitrogen and oxygen atoms in total. The second-order valence-corrected chi connectivity index (χ2v) is 8.36. The molecule has 0 spiro atoms. The van der Waals surface area contributed by atoms with Crippen molar-refractivity contribution < 1.29 is 13.9 Å². The number of nitrogens with zero attached hydrogens (tertiary/aromatic N) is 3. The largest absolute Gasteiger partial charge is 0.459 e. The normalized spacial score (nSPS) is 14.4. The Morgan fingerprint density at radius 2 is 1.70 bits per heavy atom. The molecule has 2 heterocycles. The molecular formula is C26H29FN4O2. The zero-order valence-corrected chi connectivity index (χ0v) is 19.0. The fourth-order valence-corrected chi connectivity index (χ4v) is 3.94. The number of carbonyl (C=O) groups excluding carboxylic acids is 1. The quantitative estimate of drug-likeness (QED) is 0.522. The molecule has 0 atom stereocenters. The van der Waals surface area contributed by atoms with Crippen molar-refractivity contribution in [3.63, 3.8) is 0 Å². The molecule has 0 radical (unpaired) electrons. The van der Waals surface area contributed by atoms with Crippen LogP contribution in [0.15, 0.2) is 66.9 Å². The van der Waals surface area contributed by atoms with E-state index in [9.17, 15) is 9.18 Å². The van der Waals surface area contributed by atoms with Gasteiger partial charge in [0.05, 0.1) is 17.5 Å². The third kappa shape index (κ3) is 5.68. The molecule has 0 saturated carbocycles. The van der Waals surface area contributed by atoms with E-state index in [1.54, 1.807) is 44.3 Å². The highest BCUT2D eigenvalue weighted by Gasteiger charge is 2.27. The molecule has 2 aromatic carbocycles. The highest BCUT2D eigenvalue weighted by molar-refractivity contribution is 6.01. The molecule has 0 aliphatic carbocycles. The molecule has 7 heteroatoms. The molecule has 172 valence electrons. The van der Waals surface area contributed by atoms with Crippen molar-refractivity contribution in [1.82, 2.24) is 9.88 Å². The van der Waals surface area contributed by atoms with Crippen molar-refractivity contribution in [2.75, 3.05) is 36.4 Å². The number of benzene rings is 2. The van der Waals surface area contributed by atoms with E-state index in [1.807, 2.05) is 6.07 Å². The number of anilines is 3. The van der Waals surface area contributed by atoms with Crippen LogP contribution in [0.4, 0.5) is 21.6 Å². The van der Waals surface area contributed by atoms with E-state index in [1.165, 1.54) is 11.6 Å². The maximum Gasteiger partial charge on any atom is 0.344 e. The topological polar surface area (TPSA) is 57.7 Å². The third-order valence-electron chi connectivity index (χ3n) is 5.54. The maximum atomic E-state index is 14.3. The van der Waals surface area contributed by atoms with Crippen LogP contribution in [-0.2, 0) is 11.3 Å². The lowest BCUT2D eigenvalue weighted by molar-refractivity contribution is 0.0379. The lowest BCUT2D eigenvalue weighted by atomic mass is 10.1. The molecule has 1 saturated heterocycles. The van der Waals surface area contributed by atoms with Crippen LogP contribution in [0.5, 0.6) is 0 Å². The average Bonchev–Trinajstić information content (AvgIpc) is 2.81. The van der Waals surface area contributed by atoms with Gasteiger partial charge in [-0.25, -0.2) is 14.2 Å². The number of para-hydroxylation sites is 1. The number of hydrogen-bond donors (Lipinski definition) is 1. The third-order valence-corrected chi connectivity index (χ3v) is 5.54. The molecule has 0 bridgehead atoms. The predicted molar refractivity (Wildman–Crippen MR) is 128 cm³/mol. The average molecular weight is 449 g/mol. The number of rotatable bonds is 7. The van der Waals surface area contributed by atoms with E-state index in [2.05, 4.69) is 44.4 Å². The molecule has 1 aliphatic heterocycles. The van der Waals surface area contributed by atoms with Gasteiger partial charge in [-0.15, -0.1) is 0 Å². The van der Waals surface area contributed by atoms with Crippen LogP contribution in [0.25, 0.3) is 0 Å². The van der Waals surface area contributed by atoms with Gasteiger partial charge in [-0.05, 0) is 37.6 Å². The lowest BCUT2D eigenvalue weighted by Gasteiger charge is -2.36. The summed E-state index contributed by atoms with van der Waals surface area (Å²) in [7, 11) is 0. The molecule has 0 amide bonds. The van der Waals surface area contributed by atoms with Crippen LogP contribution in [-0.4, -0.2) is 48.1 Å². The van der Waals surface area contributed by atoms with Gasteiger partial charge in [0.1, 0.15) is 17.2 Å². The Balaban J connectivity index is 1.57. The molecule has 33 heavy (non-hydrogen) atoms. The van der Waals surface area contributed by atoms with Crippen molar-refractivity contribution in [2.24, 2.45) is 0 Å². The number of nitrogens with one attached hydrogen (secondary N) is 1. The van der Waals surface area contributed by atoms with Crippen molar-refractivity contribution in [3.05, 3.63) is 83.8 Å². The molecule has 0 unspecified atom stereocenters. The van der Waals surface area contributed by atoms with Crippen molar-refractivity contribution in [2.45, 2.75) is 26.5 Å². The van der Waals surface area contributed by atoms with Gasteiger partial charge in [-0.2, -0.15) is 0 Å². The van der Waals surface area contributed by atoms with Gasteiger partial charge in [0.15, 0.2) is 0 Å². The number of hydrogen-bond acceptors (Lipinski definition) is 6. The fourth-order valence-electron chi connectivity index (χ4n) is 3.94. The van der Waals surface area contributed by atoms with Gasteiger partial charge >= 0.3 is 5.97 Å². The summed E-state index contributed by atoms with van der Waals surface area (Å²) in [6.07, 6.45) is 1.36. The van der Waals surface area contributed by atoms with Crippen LogP contribution in [0, 0.1) is 5.82 Å². The second kappa shape index (κ2) is 10.4. The van der Waals surface area contributed by atoms with Crippen LogP contribution < -0.4 is 10.2 Å². The Hall–Kier alpha value is -3.45. The first-order chi connectivity index (χ1) is 16.0. The SMILES string of the molecule is CC(C)OC(=O)c1c(Nc2ccccc2F)ccnc1N1CCN(Cc2ccccc2)CC1. The van der Waals surface area contributed by atoms with Crippen molar-refractivity contribution >= 4 is 23.2 Å². The smallest absolute Gasteiger partial charge is 0.344 e. The van der Waals surface area contributed by atoms with Crippen molar-refractivity contribution in [3.8, 4) is 0 Å². The number of esters is 1. The number of aromatic nitrogens is 1. The van der Waals surface area contributed by atoms with E-state index < -0.39 is 11.8 Å². The number of piperazine rings is 1. The standard InChI is InChI=1S/C26H29FN4O2/c1-19(2)33-26(32)24-23(29-22-11-7-6-10-21(22)27)12-13-28-25(24)31-16-14-30(15-17-31)18-20-8-4-3-5-9-20/h3-13,19H,14-18H2,1-2H3,(H,28,29). The van der Waals surface area contributed by atoms with E-state index in [4.69, 9.17) is 4.74 Å². The molecule has 1 aliphatic rings. The maximum absolute atomic E-state index is 14.3. The summed E-state index contributed by atoms with van der Waals surface area (Å²) in [4.78, 5) is 22.1. The van der Waals surface area contributed by atoms with Crippen molar-refractivity contribution in [1.29, 1.82) is 0 Å². The van der Waals surface area contributed by atoms with Gasteiger partial charge in [0.25, 0.3) is 0 Å². The molecule has 4 rings (SSSR count). The minimum Gasteiger partial charge on any atom is -0.459 e. The van der Waals surface area contributed by atoms with Gasteiger partial charge in [-0.3, -0.25) is 4.90 Å². The Kier molecular flexibility index (Phi) is 7.19. The zero-order valence-electron chi connectivity index (χ0n) is 19.0. The number of ether oxygens (including phenoxy) is 1. The van der Waals surface area contributed by atoms with Crippen LogP contribution in [0.3, 0.4) is 0 Å². The highest BCUT2D eigenvalue weighted by atomic mass is 19.1. The summed E-state index contributed by atoms with van der Waals surface area (Å²) in [5, 5.41) is 3.06. The van der Waals surface area contributed by atoms with Gasteiger partial charge < -0.3 is 15.0 Å². The summed E-state index contributed by atoms with van der Waals surface area (Å²) >= 11 is 0. The first-order valence-corrected chi connectivity index (χ1v) is 11.2. The molecule has 1 fully saturated rings. The van der Waals surface area contributed by atoms with Gasteiger partial charge in [0.2, 0.25) is 0 Å². The van der Waals surface area contributed by atoms with Crippen LogP contribution in [0.2, 0.25) is 0 Å². The molecular weight excluding hydrogens is 419 g/mol. The molecule has 1 N–H and O–H groups in total. The van der Waals surface area contributed by atoms with Gasteiger partial charge in [-0.1, -0.05) is 42.5 Å². The van der Waals surface area contributed by atoms with Crippen LogP contribution in [0.1, 0.15) is 29.8 Å². The fraction of sp³-hybridized carbons (Fsp3) is 0.308. The minimum absolute atomic E-state index is 0.283. The van der Waals surface area contributed by atoms with Gasteiger partial charge in [0, 0.05) is 38.9 Å². The second-order valence-electron chi connectivity index (χ2n) is 8.36. The van der Waals surface area contributed by atoms with E-state index >= 15 is 0 Å². The van der Waals surface area contributed by atoms with E-state index in [0.29, 0.717) is 22.8 Å². The predicted octanol–water partition coefficient (Wildman–Crippen LogP) is 4.85. The van der Waals surface area contributed by atoms with Crippen LogP contribution >= 0.6 is 0 Å².